The van der Waals surface area contributed by atoms with Crippen LogP contribution in [0.2, 0.25) is 0 Å². The maximum absolute atomic E-state index is 9.69. The first-order valence-corrected chi connectivity index (χ1v) is 6.99. The van der Waals surface area contributed by atoms with Crippen LogP contribution in [-0.4, -0.2) is 26.0 Å². The number of pyridine rings is 1. The van der Waals surface area contributed by atoms with Gasteiger partial charge in [0.25, 0.3) is 5.89 Å². The standard InChI is InChI=1S/C12H13N3O2S/c16-8-4-3-6-13-10(8)12-14-11(15-17-12)9-5-1-2-7-18-9/h3-4,6,9,16H,1-2,5,7H2. The van der Waals surface area contributed by atoms with Crippen LogP contribution in [0.5, 0.6) is 5.75 Å². The van der Waals surface area contributed by atoms with Crippen molar-refractivity contribution in [3.05, 3.63) is 24.2 Å². The van der Waals surface area contributed by atoms with E-state index >= 15 is 0 Å². The predicted octanol–water partition coefficient (Wildman–Crippen LogP) is 2.80. The molecular weight excluding hydrogens is 250 g/mol. The lowest BCUT2D eigenvalue weighted by Gasteiger charge is -2.17. The highest BCUT2D eigenvalue weighted by Crippen LogP contribution is 2.37. The maximum Gasteiger partial charge on any atom is 0.280 e. The number of rotatable bonds is 2. The molecular formula is C12H13N3O2S. The van der Waals surface area contributed by atoms with E-state index in [9.17, 15) is 5.11 Å². The zero-order valence-electron chi connectivity index (χ0n) is 9.74. The fourth-order valence-corrected chi connectivity index (χ4v) is 3.20. The summed E-state index contributed by atoms with van der Waals surface area (Å²) >= 11 is 1.86. The van der Waals surface area contributed by atoms with Crippen molar-refractivity contribution in [2.24, 2.45) is 0 Å². The molecule has 0 aliphatic carbocycles. The Hall–Kier alpha value is -1.56. The summed E-state index contributed by atoms with van der Waals surface area (Å²) in [4.78, 5) is 8.40. The molecule has 18 heavy (non-hydrogen) atoms. The molecule has 0 spiro atoms. The fraction of sp³-hybridized carbons (Fsp3) is 0.417. The van der Waals surface area contributed by atoms with E-state index in [0.29, 0.717) is 16.8 Å². The Morgan fingerprint density at radius 3 is 3.11 bits per heavy atom. The van der Waals surface area contributed by atoms with Gasteiger partial charge in [0.05, 0.1) is 5.25 Å². The summed E-state index contributed by atoms with van der Waals surface area (Å²) in [5.41, 5.74) is 0.344. The minimum Gasteiger partial charge on any atom is -0.505 e. The van der Waals surface area contributed by atoms with Gasteiger partial charge >= 0.3 is 0 Å². The van der Waals surface area contributed by atoms with Crippen LogP contribution in [0.25, 0.3) is 11.6 Å². The normalized spacial score (nSPS) is 19.9. The van der Waals surface area contributed by atoms with Crippen molar-refractivity contribution >= 4 is 11.8 Å². The van der Waals surface area contributed by atoms with E-state index in [-0.39, 0.29) is 11.6 Å². The monoisotopic (exact) mass is 263 g/mol. The van der Waals surface area contributed by atoms with Crippen molar-refractivity contribution in [2.45, 2.75) is 24.5 Å². The zero-order chi connectivity index (χ0) is 12.4. The van der Waals surface area contributed by atoms with Gasteiger partial charge in [0.1, 0.15) is 5.75 Å². The SMILES string of the molecule is Oc1cccnc1-c1nc(C2CCCCS2)no1. The summed E-state index contributed by atoms with van der Waals surface area (Å²) in [6.07, 6.45) is 5.13. The lowest BCUT2D eigenvalue weighted by atomic mass is 10.2. The third-order valence-electron chi connectivity index (χ3n) is 2.90. The van der Waals surface area contributed by atoms with E-state index in [1.807, 2.05) is 11.8 Å². The second-order valence-electron chi connectivity index (χ2n) is 4.18. The summed E-state index contributed by atoms with van der Waals surface area (Å²) in [7, 11) is 0. The average Bonchev–Trinajstić information content (AvgIpc) is 2.90. The largest absolute Gasteiger partial charge is 0.505 e. The molecule has 1 unspecified atom stereocenters. The van der Waals surface area contributed by atoms with Crippen molar-refractivity contribution < 1.29 is 9.63 Å². The molecule has 3 heterocycles. The number of thioether (sulfide) groups is 1. The molecule has 1 N–H and O–H groups in total. The Morgan fingerprint density at radius 1 is 1.39 bits per heavy atom. The fourth-order valence-electron chi connectivity index (χ4n) is 1.97. The van der Waals surface area contributed by atoms with E-state index in [0.717, 1.165) is 12.2 Å². The summed E-state index contributed by atoms with van der Waals surface area (Å²) in [6.45, 7) is 0. The highest BCUT2D eigenvalue weighted by molar-refractivity contribution is 7.99. The highest BCUT2D eigenvalue weighted by Gasteiger charge is 2.23. The van der Waals surface area contributed by atoms with Gasteiger partial charge in [-0.1, -0.05) is 11.6 Å². The van der Waals surface area contributed by atoms with Crippen LogP contribution in [0.4, 0.5) is 0 Å². The van der Waals surface area contributed by atoms with Gasteiger partial charge in [0.15, 0.2) is 11.5 Å². The molecule has 0 bridgehead atoms. The Balaban J connectivity index is 1.87. The van der Waals surface area contributed by atoms with Gasteiger partial charge in [-0.2, -0.15) is 16.7 Å². The number of hydrogen-bond donors (Lipinski definition) is 1. The molecule has 1 aliphatic heterocycles. The third kappa shape index (κ3) is 2.20. The van der Waals surface area contributed by atoms with Crippen LogP contribution in [0.1, 0.15) is 30.3 Å². The van der Waals surface area contributed by atoms with Gasteiger partial charge in [-0.25, -0.2) is 4.98 Å². The van der Waals surface area contributed by atoms with E-state index in [4.69, 9.17) is 4.52 Å². The average molecular weight is 263 g/mol. The highest BCUT2D eigenvalue weighted by atomic mass is 32.2. The van der Waals surface area contributed by atoms with Crippen LogP contribution < -0.4 is 0 Å². The quantitative estimate of drug-likeness (QED) is 0.898. The van der Waals surface area contributed by atoms with Gasteiger partial charge in [-0.15, -0.1) is 0 Å². The minimum atomic E-state index is 0.0593. The molecule has 2 aromatic rings. The third-order valence-corrected chi connectivity index (χ3v) is 4.27. The molecule has 94 valence electrons. The number of aromatic nitrogens is 3. The first-order valence-electron chi connectivity index (χ1n) is 5.94. The Morgan fingerprint density at radius 2 is 2.33 bits per heavy atom. The first-order chi connectivity index (χ1) is 8.84. The van der Waals surface area contributed by atoms with Gasteiger partial charge in [-0.05, 0) is 30.7 Å². The molecule has 1 aliphatic rings. The van der Waals surface area contributed by atoms with Crippen LogP contribution >= 0.6 is 11.8 Å². The Bertz CT molecular complexity index is 538. The van der Waals surface area contributed by atoms with Crippen molar-refractivity contribution in [3.63, 3.8) is 0 Å². The van der Waals surface area contributed by atoms with Crippen molar-refractivity contribution in [1.82, 2.24) is 15.1 Å². The second kappa shape index (κ2) is 4.97. The van der Waals surface area contributed by atoms with E-state index in [2.05, 4.69) is 15.1 Å². The lowest BCUT2D eigenvalue weighted by Crippen LogP contribution is -2.03. The van der Waals surface area contributed by atoms with Gasteiger partial charge < -0.3 is 9.63 Å². The molecule has 0 radical (unpaired) electrons. The van der Waals surface area contributed by atoms with E-state index in [1.54, 1.807) is 18.3 Å². The first kappa shape index (κ1) is 11.5. The molecule has 0 saturated carbocycles. The summed E-state index contributed by atoms with van der Waals surface area (Å²) in [5.74, 6) is 2.20. The number of nitrogens with zero attached hydrogens (tertiary/aromatic N) is 3. The zero-order valence-corrected chi connectivity index (χ0v) is 10.6. The van der Waals surface area contributed by atoms with E-state index < -0.39 is 0 Å². The molecule has 1 fully saturated rings. The second-order valence-corrected chi connectivity index (χ2v) is 5.49. The van der Waals surface area contributed by atoms with Crippen molar-refractivity contribution in [2.75, 3.05) is 5.75 Å². The molecule has 5 nitrogen and oxygen atoms in total. The molecule has 3 rings (SSSR count). The molecule has 0 amide bonds. The molecule has 1 atom stereocenters. The molecule has 2 aromatic heterocycles. The molecule has 0 aromatic carbocycles. The van der Waals surface area contributed by atoms with Crippen LogP contribution in [-0.2, 0) is 0 Å². The molecule has 1 saturated heterocycles. The summed E-state index contributed by atoms with van der Waals surface area (Å²) in [6, 6.07) is 3.22. The maximum atomic E-state index is 9.69. The number of aromatic hydroxyl groups is 1. The van der Waals surface area contributed by atoms with Crippen LogP contribution in [0.3, 0.4) is 0 Å². The Kier molecular flexibility index (Phi) is 3.19. The van der Waals surface area contributed by atoms with Crippen molar-refractivity contribution in [3.8, 4) is 17.3 Å². The topological polar surface area (TPSA) is 72.0 Å². The lowest BCUT2D eigenvalue weighted by molar-refractivity contribution is 0.413. The van der Waals surface area contributed by atoms with Crippen LogP contribution in [0.15, 0.2) is 22.9 Å². The van der Waals surface area contributed by atoms with Gasteiger partial charge in [0, 0.05) is 6.20 Å². The van der Waals surface area contributed by atoms with E-state index in [1.165, 1.54) is 12.8 Å². The minimum absolute atomic E-state index is 0.0593. The molecule has 6 heteroatoms. The van der Waals surface area contributed by atoms with Crippen molar-refractivity contribution in [1.29, 1.82) is 0 Å². The Labute approximate surface area is 109 Å². The van der Waals surface area contributed by atoms with Crippen LogP contribution in [0, 0.1) is 0 Å². The number of hydrogen-bond acceptors (Lipinski definition) is 6. The summed E-state index contributed by atoms with van der Waals surface area (Å²) < 4.78 is 5.19. The van der Waals surface area contributed by atoms with Gasteiger partial charge in [-0.3, -0.25) is 0 Å². The predicted molar refractivity (Wildman–Crippen MR) is 68.2 cm³/mol. The summed E-state index contributed by atoms with van der Waals surface area (Å²) in [5, 5.41) is 14.0. The smallest absolute Gasteiger partial charge is 0.280 e. The van der Waals surface area contributed by atoms with Gasteiger partial charge in [0.2, 0.25) is 0 Å².